The number of hydrogen-bond donors (Lipinski definition) is 0. The van der Waals surface area contributed by atoms with E-state index in [-0.39, 0.29) is 0 Å². The fourth-order valence-electron chi connectivity index (χ4n) is 0.956. The molecule has 1 rings (SSSR count). The molecule has 0 aliphatic rings. The average Bonchev–Trinajstić information content (AvgIpc) is 2.19. The van der Waals surface area contributed by atoms with Crippen molar-refractivity contribution in [3.8, 4) is 0 Å². The fourth-order valence-corrected chi connectivity index (χ4v) is 0.956. The van der Waals surface area contributed by atoms with Gasteiger partial charge in [0.15, 0.2) is 0 Å². The molecule has 1 aromatic rings. The molecular weight excluding hydrogens is 312 g/mol. The molecule has 0 aliphatic carbocycles. The predicted molar refractivity (Wildman–Crippen MR) is 58.8 cm³/mol. The van der Waals surface area contributed by atoms with Crippen molar-refractivity contribution >= 4 is 19.8 Å². The minimum absolute atomic E-state index is 1.18. The molecule has 0 heterocycles. The quantitative estimate of drug-likeness (QED) is 0.451. The second-order valence-corrected chi connectivity index (χ2v) is 2.43. The van der Waals surface area contributed by atoms with Gasteiger partial charge in [0, 0.05) is 0 Å². The topological polar surface area (TPSA) is 0 Å². The van der Waals surface area contributed by atoms with Crippen molar-refractivity contribution in [2.24, 2.45) is 0 Å². The van der Waals surface area contributed by atoms with Crippen LogP contribution in [-0.4, -0.2) is 0 Å². The van der Waals surface area contributed by atoms with Crippen LogP contribution in [0.25, 0.3) is 0 Å². The number of aryl methyl sites for hydroxylation is 1. The molecule has 0 unspecified atom stereocenters. The minimum atomic E-state index is 1.18. The van der Waals surface area contributed by atoms with Crippen LogP contribution >= 0.6 is 19.8 Å². The van der Waals surface area contributed by atoms with E-state index in [0.717, 1.165) is 0 Å². The van der Waals surface area contributed by atoms with Gasteiger partial charge < -0.3 is 6.42 Å². The zero-order chi connectivity index (χ0) is 9.23. The number of hydrogen-bond acceptors (Lipinski definition) is 0. The molecule has 0 aromatic heterocycles. The van der Waals surface area contributed by atoms with Gasteiger partial charge in [-0.25, -0.2) is 0 Å². The molecule has 0 saturated heterocycles. The third-order valence-electron chi connectivity index (χ3n) is 1.56. The summed E-state index contributed by atoms with van der Waals surface area (Å²) in [6.45, 7) is 2.10. The first-order valence-corrected chi connectivity index (χ1v) is 13.1. The molecule has 62 valence electrons. The van der Waals surface area contributed by atoms with Gasteiger partial charge in [-0.05, 0) is 0 Å². The molecule has 0 bridgehead atoms. The Morgan fingerprint density at radius 1 is 1.25 bits per heavy atom. The molecule has 0 atom stereocenters. The second kappa shape index (κ2) is 9.66. The van der Waals surface area contributed by atoms with Gasteiger partial charge in [0.1, 0.15) is 0 Å². The van der Waals surface area contributed by atoms with Crippen LogP contribution in [0.3, 0.4) is 0 Å². The Morgan fingerprint density at radius 3 is 2.33 bits per heavy atom. The van der Waals surface area contributed by atoms with Gasteiger partial charge in [-0.1, -0.05) is 42.3 Å². The Labute approximate surface area is 96.0 Å². The van der Waals surface area contributed by atoms with Gasteiger partial charge >= 0.3 is 34.5 Å². The summed E-state index contributed by atoms with van der Waals surface area (Å²) in [5.74, 6) is 0. The summed E-state index contributed by atoms with van der Waals surface area (Å²) in [6, 6.07) is 10.6. The molecule has 0 spiro atoms. The molecule has 1 aromatic carbocycles. The zero-order valence-electron chi connectivity index (χ0n) is 7.46. The molecule has 0 nitrogen and oxygen atoms in total. The van der Waals surface area contributed by atoms with E-state index in [1.165, 1.54) is 33.2 Å². The van der Waals surface area contributed by atoms with E-state index in [4.69, 9.17) is 0 Å². The summed E-state index contributed by atoms with van der Waals surface area (Å²) in [7, 11) is 0. The van der Waals surface area contributed by atoms with Crippen LogP contribution in [0, 0.1) is 6.42 Å². The Hall–Kier alpha value is 0.573. The molecule has 0 radical (unpaired) electrons. The SMILES string of the molecule is C[CH-]CCc1ccccc1.[Zn+][I]. The molecule has 12 heavy (non-hydrogen) atoms. The Balaban J connectivity index is 0.000000561. The summed E-state index contributed by atoms with van der Waals surface area (Å²) >= 11 is 3.62. The van der Waals surface area contributed by atoms with Crippen LogP contribution < -0.4 is 0 Å². The Morgan fingerprint density at radius 2 is 1.83 bits per heavy atom. The van der Waals surface area contributed by atoms with Crippen molar-refractivity contribution in [2.45, 2.75) is 19.8 Å². The molecule has 0 aliphatic heterocycles. The monoisotopic (exact) mass is 324 g/mol. The Kier molecular flexibility index (Phi) is 10.1. The van der Waals surface area contributed by atoms with Crippen LogP contribution in [0.15, 0.2) is 30.3 Å². The molecule has 0 fully saturated rings. The maximum atomic E-state index is 2.28. The van der Waals surface area contributed by atoms with Gasteiger partial charge in [-0.2, -0.15) is 13.3 Å². The van der Waals surface area contributed by atoms with Crippen LogP contribution in [0.5, 0.6) is 0 Å². The van der Waals surface area contributed by atoms with E-state index in [2.05, 4.69) is 63.4 Å². The van der Waals surface area contributed by atoms with Crippen molar-refractivity contribution in [1.82, 2.24) is 0 Å². The van der Waals surface area contributed by atoms with E-state index >= 15 is 0 Å². The molecule has 0 saturated carbocycles. The van der Waals surface area contributed by atoms with E-state index < -0.39 is 0 Å². The van der Waals surface area contributed by atoms with E-state index in [1.54, 1.807) is 0 Å². The van der Waals surface area contributed by atoms with Gasteiger partial charge in [-0.3, -0.25) is 0 Å². The zero-order valence-corrected chi connectivity index (χ0v) is 12.6. The summed E-state index contributed by atoms with van der Waals surface area (Å²) in [5.41, 5.74) is 1.43. The maximum absolute atomic E-state index is 2.28. The molecule has 2 heteroatoms. The van der Waals surface area contributed by atoms with E-state index in [1.807, 2.05) is 0 Å². The summed E-state index contributed by atoms with van der Waals surface area (Å²) in [6.07, 6.45) is 4.56. The third kappa shape index (κ3) is 6.13. The van der Waals surface area contributed by atoms with Crippen molar-refractivity contribution in [3.63, 3.8) is 0 Å². The van der Waals surface area contributed by atoms with E-state index in [0.29, 0.717) is 0 Å². The molecular formula is C10H13IZn. The fraction of sp³-hybridized carbons (Fsp3) is 0.300. The normalized spacial score (nSPS) is 8.67. The van der Waals surface area contributed by atoms with Crippen molar-refractivity contribution < 1.29 is 14.8 Å². The van der Waals surface area contributed by atoms with Crippen LogP contribution in [0.2, 0.25) is 0 Å². The first-order chi connectivity index (χ1) is 5.93. The first-order valence-electron chi connectivity index (χ1n) is 4.02. The first kappa shape index (κ1) is 12.6. The van der Waals surface area contributed by atoms with Crippen LogP contribution in [-0.2, 0) is 21.2 Å². The molecule has 0 N–H and O–H groups in total. The van der Waals surface area contributed by atoms with Crippen LogP contribution in [0.1, 0.15) is 18.9 Å². The van der Waals surface area contributed by atoms with Crippen molar-refractivity contribution in [2.75, 3.05) is 0 Å². The average molecular weight is 326 g/mol. The van der Waals surface area contributed by atoms with Crippen molar-refractivity contribution in [3.05, 3.63) is 42.3 Å². The van der Waals surface area contributed by atoms with Gasteiger partial charge in [-0.15, -0.1) is 0 Å². The summed E-state index contributed by atoms with van der Waals surface area (Å²) in [5, 5.41) is 0. The van der Waals surface area contributed by atoms with Gasteiger partial charge in [0.25, 0.3) is 0 Å². The molecule has 0 amide bonds. The third-order valence-corrected chi connectivity index (χ3v) is 1.56. The van der Waals surface area contributed by atoms with Gasteiger partial charge in [0.05, 0.1) is 0 Å². The number of benzene rings is 1. The Bertz CT molecular complexity index is 174. The summed E-state index contributed by atoms with van der Waals surface area (Å²) < 4.78 is 0. The number of rotatable bonds is 3. The number of halogens is 1. The van der Waals surface area contributed by atoms with Gasteiger partial charge in [0.2, 0.25) is 0 Å². The summed E-state index contributed by atoms with van der Waals surface area (Å²) in [4.78, 5) is 0. The van der Waals surface area contributed by atoms with E-state index in [9.17, 15) is 0 Å². The standard InChI is InChI=1S/C10H13.HI.Zn/c1-2-3-7-10-8-5-4-6-9-10;;/h2,4-6,8-9H,3,7H2,1H3;1H;/q-1;;+2/p-1. The van der Waals surface area contributed by atoms with Crippen LogP contribution in [0.4, 0.5) is 0 Å². The predicted octanol–water partition coefficient (Wildman–Crippen LogP) is 3.73. The van der Waals surface area contributed by atoms with Crippen molar-refractivity contribution in [1.29, 1.82) is 0 Å². The second-order valence-electron chi connectivity index (χ2n) is 2.43. The number of unbranched alkanes of at least 4 members (excludes halogenated alkanes) is 1.